The first kappa shape index (κ1) is 8.78. The van der Waals surface area contributed by atoms with Crippen LogP contribution in [0.1, 0.15) is 12.8 Å². The van der Waals surface area contributed by atoms with Crippen molar-refractivity contribution in [1.29, 1.82) is 0 Å². The first-order valence-electron chi connectivity index (χ1n) is 3.19. The van der Waals surface area contributed by atoms with Crippen LogP contribution < -0.4 is 0 Å². The smallest absolute Gasteiger partial charge is 0.186 e. The van der Waals surface area contributed by atoms with E-state index >= 15 is 0 Å². The lowest BCUT2D eigenvalue weighted by molar-refractivity contribution is -0.147. The van der Waals surface area contributed by atoms with Crippen LogP contribution in [-0.2, 0) is 9.47 Å². The topological polar surface area (TPSA) is 18.5 Å². The van der Waals surface area contributed by atoms with Crippen molar-refractivity contribution in [1.82, 2.24) is 0 Å². The summed E-state index contributed by atoms with van der Waals surface area (Å²) in [5, 5.41) is 0. The molecule has 0 saturated carbocycles. The molecule has 1 saturated heterocycles. The average Bonchev–Trinajstić information content (AvgIpc) is 1.87. The predicted molar refractivity (Wildman–Crippen MR) is 43.5 cm³/mol. The lowest BCUT2D eigenvalue weighted by atomic mass is 10.2. The minimum absolute atomic E-state index is 0.317. The lowest BCUT2D eigenvalue weighted by Gasteiger charge is -2.33. The molecule has 0 bridgehead atoms. The molecule has 0 radical (unpaired) electrons. The fourth-order valence-electron chi connectivity index (χ4n) is 0.978. The van der Waals surface area contributed by atoms with Crippen LogP contribution >= 0.6 is 27.5 Å². The number of halogens is 2. The van der Waals surface area contributed by atoms with Gasteiger partial charge in [0, 0.05) is 13.7 Å². The van der Waals surface area contributed by atoms with Crippen LogP contribution in [0.15, 0.2) is 0 Å². The quantitative estimate of drug-likeness (QED) is 0.641. The van der Waals surface area contributed by atoms with Crippen LogP contribution in [0.2, 0.25) is 0 Å². The third-order valence-corrected chi connectivity index (χ3v) is 2.62. The Morgan fingerprint density at radius 3 is 2.90 bits per heavy atom. The van der Waals surface area contributed by atoms with E-state index in [1.54, 1.807) is 7.11 Å². The van der Waals surface area contributed by atoms with Gasteiger partial charge in [0.2, 0.25) is 0 Å². The molecule has 2 unspecified atom stereocenters. The van der Waals surface area contributed by atoms with Crippen LogP contribution in [0.5, 0.6) is 0 Å². The fraction of sp³-hybridized carbons (Fsp3) is 1.00. The minimum Gasteiger partial charge on any atom is -0.353 e. The van der Waals surface area contributed by atoms with Crippen LogP contribution in [-0.4, -0.2) is 23.8 Å². The Bertz CT molecular complexity index is 118. The third kappa shape index (κ3) is 1.84. The van der Waals surface area contributed by atoms with Crippen molar-refractivity contribution in [3.63, 3.8) is 0 Å². The standard InChI is InChI=1S/C6H10BrClO2/c1-9-5-6(7,8)3-2-4-10-5/h5H,2-4H2,1H3. The van der Waals surface area contributed by atoms with E-state index in [9.17, 15) is 0 Å². The zero-order valence-corrected chi connectivity index (χ0v) is 8.11. The van der Waals surface area contributed by atoms with Gasteiger partial charge in [-0.3, -0.25) is 0 Å². The zero-order chi connectivity index (χ0) is 7.61. The molecule has 1 rings (SSSR count). The van der Waals surface area contributed by atoms with Crippen LogP contribution in [0, 0.1) is 0 Å². The first-order chi connectivity index (χ1) is 4.67. The molecule has 2 nitrogen and oxygen atoms in total. The number of hydrogen-bond donors (Lipinski definition) is 0. The maximum absolute atomic E-state index is 6.00. The van der Waals surface area contributed by atoms with E-state index in [0.717, 1.165) is 19.4 Å². The zero-order valence-electron chi connectivity index (χ0n) is 5.77. The molecule has 0 aromatic rings. The van der Waals surface area contributed by atoms with Crippen molar-refractivity contribution in [2.24, 2.45) is 0 Å². The van der Waals surface area contributed by atoms with E-state index in [0.29, 0.717) is 0 Å². The van der Waals surface area contributed by atoms with Gasteiger partial charge in [0.25, 0.3) is 0 Å². The highest BCUT2D eigenvalue weighted by Gasteiger charge is 2.37. The molecule has 0 amide bonds. The molecule has 1 aliphatic rings. The van der Waals surface area contributed by atoms with Gasteiger partial charge in [0.15, 0.2) is 6.29 Å². The lowest BCUT2D eigenvalue weighted by Crippen LogP contribution is -2.39. The largest absolute Gasteiger partial charge is 0.353 e. The summed E-state index contributed by atoms with van der Waals surface area (Å²) in [5.41, 5.74) is 0. The molecule has 0 aliphatic carbocycles. The third-order valence-electron chi connectivity index (χ3n) is 1.48. The van der Waals surface area contributed by atoms with Gasteiger partial charge in [-0.25, -0.2) is 0 Å². The summed E-state index contributed by atoms with van der Waals surface area (Å²) in [4.78, 5) is 0. The number of hydrogen-bond acceptors (Lipinski definition) is 2. The molecule has 2 atom stereocenters. The summed E-state index contributed by atoms with van der Waals surface area (Å²) in [7, 11) is 1.59. The van der Waals surface area contributed by atoms with Crippen molar-refractivity contribution in [3.05, 3.63) is 0 Å². The summed E-state index contributed by atoms with van der Waals surface area (Å²) in [6.07, 6.45) is 1.55. The Hall–Kier alpha value is 0.690. The second-order valence-electron chi connectivity index (χ2n) is 2.30. The minimum atomic E-state index is -0.514. The molecular weight excluding hydrogens is 219 g/mol. The van der Waals surface area contributed by atoms with E-state index < -0.39 is 3.78 Å². The van der Waals surface area contributed by atoms with E-state index in [4.69, 9.17) is 21.1 Å². The van der Waals surface area contributed by atoms with Gasteiger partial charge in [-0.15, -0.1) is 11.6 Å². The first-order valence-corrected chi connectivity index (χ1v) is 4.36. The second kappa shape index (κ2) is 3.39. The highest BCUT2D eigenvalue weighted by molar-refractivity contribution is 9.10. The van der Waals surface area contributed by atoms with Crippen LogP contribution in [0.25, 0.3) is 0 Å². The van der Waals surface area contributed by atoms with Gasteiger partial charge < -0.3 is 9.47 Å². The summed E-state index contributed by atoms with van der Waals surface area (Å²) >= 11 is 9.34. The molecule has 0 aromatic heterocycles. The molecule has 0 aromatic carbocycles. The predicted octanol–water partition coefficient (Wildman–Crippen LogP) is 2.10. The average molecular weight is 230 g/mol. The van der Waals surface area contributed by atoms with Gasteiger partial charge in [-0.1, -0.05) is 15.9 Å². The van der Waals surface area contributed by atoms with Crippen molar-refractivity contribution in [3.8, 4) is 0 Å². The molecule has 10 heavy (non-hydrogen) atoms. The maximum Gasteiger partial charge on any atom is 0.186 e. The molecule has 4 heteroatoms. The fourth-order valence-corrected chi connectivity index (χ4v) is 1.86. The summed E-state index contributed by atoms with van der Waals surface area (Å²) in [6, 6.07) is 0. The number of methoxy groups -OCH3 is 1. The number of alkyl halides is 2. The molecule has 0 spiro atoms. The maximum atomic E-state index is 6.00. The van der Waals surface area contributed by atoms with Crippen LogP contribution in [0.3, 0.4) is 0 Å². The summed E-state index contributed by atoms with van der Waals surface area (Å²) in [5.74, 6) is 0. The van der Waals surface area contributed by atoms with Gasteiger partial charge in [-0.05, 0) is 12.8 Å². The molecule has 0 N–H and O–H groups in total. The van der Waals surface area contributed by atoms with E-state index in [1.807, 2.05) is 0 Å². The molecule has 1 fully saturated rings. The molecule has 1 aliphatic heterocycles. The summed E-state index contributed by atoms with van der Waals surface area (Å²) in [6.45, 7) is 0.735. The SMILES string of the molecule is COC1OCCCC1(Cl)Br. The second-order valence-corrected chi connectivity index (χ2v) is 4.85. The highest BCUT2D eigenvalue weighted by Crippen LogP contribution is 2.38. The highest BCUT2D eigenvalue weighted by atomic mass is 79.9. The Balaban J connectivity index is 2.51. The van der Waals surface area contributed by atoms with E-state index in [1.165, 1.54) is 0 Å². The Morgan fingerprint density at radius 1 is 1.80 bits per heavy atom. The van der Waals surface area contributed by atoms with Crippen molar-refractivity contribution >= 4 is 27.5 Å². The van der Waals surface area contributed by atoms with Gasteiger partial charge in [0.1, 0.15) is 3.78 Å². The number of ether oxygens (including phenoxy) is 2. The Morgan fingerprint density at radius 2 is 2.50 bits per heavy atom. The van der Waals surface area contributed by atoms with Gasteiger partial charge in [-0.2, -0.15) is 0 Å². The Labute approximate surface area is 74.0 Å². The van der Waals surface area contributed by atoms with E-state index in [-0.39, 0.29) is 6.29 Å². The normalized spacial score (nSPS) is 41.7. The Kier molecular flexibility index (Phi) is 2.98. The van der Waals surface area contributed by atoms with Crippen molar-refractivity contribution in [2.45, 2.75) is 22.9 Å². The summed E-state index contributed by atoms with van der Waals surface area (Å²) < 4.78 is 9.73. The van der Waals surface area contributed by atoms with E-state index in [2.05, 4.69) is 15.9 Å². The number of rotatable bonds is 1. The van der Waals surface area contributed by atoms with Crippen molar-refractivity contribution < 1.29 is 9.47 Å². The molecular formula is C6H10BrClO2. The monoisotopic (exact) mass is 228 g/mol. The molecule has 60 valence electrons. The van der Waals surface area contributed by atoms with Crippen molar-refractivity contribution in [2.75, 3.05) is 13.7 Å². The molecule has 1 heterocycles. The van der Waals surface area contributed by atoms with Crippen LogP contribution in [0.4, 0.5) is 0 Å². The van der Waals surface area contributed by atoms with Gasteiger partial charge in [0.05, 0.1) is 0 Å². The van der Waals surface area contributed by atoms with Gasteiger partial charge >= 0.3 is 0 Å².